The summed E-state index contributed by atoms with van der Waals surface area (Å²) in [6, 6.07) is 13.5. The normalized spacial score (nSPS) is 11.5. The molecule has 204 valence electrons. The van der Waals surface area contributed by atoms with Crippen LogP contribution in [0, 0.1) is 0 Å². The number of hydrogen-bond acceptors (Lipinski definition) is 6. The van der Waals surface area contributed by atoms with Crippen LogP contribution in [-0.4, -0.2) is 66.5 Å². The van der Waals surface area contributed by atoms with Crippen molar-refractivity contribution < 1.29 is 0 Å². The van der Waals surface area contributed by atoms with Crippen molar-refractivity contribution in [2.75, 3.05) is 66.5 Å². The van der Waals surface area contributed by atoms with Crippen molar-refractivity contribution in [3.05, 3.63) is 47.5 Å². The van der Waals surface area contributed by atoms with Crippen LogP contribution in [0.25, 0.3) is 10.8 Å². The van der Waals surface area contributed by atoms with Gasteiger partial charge in [0.05, 0.1) is 0 Å². The average Bonchev–Trinajstić information content (AvgIpc) is 2.91. The molecule has 0 unspecified atom stereocenters. The van der Waals surface area contributed by atoms with E-state index in [0.29, 0.717) is 0 Å². The standard InChI is InChI=1S/C30H54N6/c1-31-17-5-7-19-33-21-9-11-23-35-25-27-15-16-28(30-14-4-3-13-29(27)30)26-36-24-12-10-22-34-20-8-6-18-32-2/h3-4,13-16,31-36H,5-12,17-26H2,1-2H3. The predicted octanol–water partition coefficient (Wildman–Crippen LogP) is 3.76. The fourth-order valence-electron chi connectivity index (χ4n) is 4.53. The molecule has 0 spiro atoms. The van der Waals surface area contributed by atoms with E-state index >= 15 is 0 Å². The van der Waals surface area contributed by atoms with Gasteiger partial charge in [-0.25, -0.2) is 0 Å². The second kappa shape index (κ2) is 21.5. The number of benzene rings is 2. The molecule has 0 fully saturated rings. The molecule has 0 aromatic heterocycles. The van der Waals surface area contributed by atoms with Gasteiger partial charge in [0.25, 0.3) is 0 Å². The first-order valence-electron chi connectivity index (χ1n) is 14.5. The quantitative estimate of drug-likeness (QED) is 0.124. The number of rotatable bonds is 24. The van der Waals surface area contributed by atoms with E-state index in [1.165, 1.54) is 73.3 Å². The monoisotopic (exact) mass is 498 g/mol. The van der Waals surface area contributed by atoms with Crippen LogP contribution < -0.4 is 31.9 Å². The SMILES string of the molecule is CNCCCCNCCCCNCc1ccc(CNCCCCNCCCCNC)c2ccccc12. The van der Waals surface area contributed by atoms with Crippen molar-refractivity contribution in [1.29, 1.82) is 0 Å². The lowest BCUT2D eigenvalue weighted by Crippen LogP contribution is -2.21. The highest BCUT2D eigenvalue weighted by Crippen LogP contribution is 2.23. The van der Waals surface area contributed by atoms with Crippen LogP contribution in [0.2, 0.25) is 0 Å². The molecule has 0 aliphatic carbocycles. The summed E-state index contributed by atoms with van der Waals surface area (Å²) in [6.45, 7) is 10.8. The van der Waals surface area contributed by atoms with E-state index in [-0.39, 0.29) is 0 Å². The molecule has 0 atom stereocenters. The predicted molar refractivity (Wildman–Crippen MR) is 158 cm³/mol. The Morgan fingerprint density at radius 2 is 0.750 bits per heavy atom. The van der Waals surface area contributed by atoms with Gasteiger partial charge in [-0.3, -0.25) is 0 Å². The molecule has 0 saturated carbocycles. The summed E-state index contributed by atoms with van der Waals surface area (Å²) < 4.78 is 0. The molecule has 2 aromatic carbocycles. The zero-order valence-electron chi connectivity index (χ0n) is 23.2. The molecule has 2 aromatic rings. The van der Waals surface area contributed by atoms with E-state index < -0.39 is 0 Å². The minimum Gasteiger partial charge on any atom is -0.320 e. The molecule has 0 saturated heterocycles. The first-order valence-corrected chi connectivity index (χ1v) is 14.5. The summed E-state index contributed by atoms with van der Waals surface area (Å²) in [5.41, 5.74) is 2.80. The van der Waals surface area contributed by atoms with Crippen molar-refractivity contribution in [3.63, 3.8) is 0 Å². The molecule has 6 heteroatoms. The van der Waals surface area contributed by atoms with Crippen molar-refractivity contribution in [1.82, 2.24) is 31.9 Å². The maximum absolute atomic E-state index is 3.66. The van der Waals surface area contributed by atoms with Gasteiger partial charge in [-0.2, -0.15) is 0 Å². The Labute approximate surface area is 221 Å². The zero-order valence-corrected chi connectivity index (χ0v) is 23.2. The summed E-state index contributed by atoms with van der Waals surface area (Å²) in [7, 11) is 4.04. The third-order valence-corrected chi connectivity index (χ3v) is 6.71. The van der Waals surface area contributed by atoms with Crippen molar-refractivity contribution in [2.45, 2.75) is 64.5 Å². The summed E-state index contributed by atoms with van der Waals surface area (Å²) in [5, 5.41) is 23.6. The summed E-state index contributed by atoms with van der Waals surface area (Å²) >= 11 is 0. The fourth-order valence-corrected chi connectivity index (χ4v) is 4.53. The molecule has 2 rings (SSSR count). The van der Waals surface area contributed by atoms with Crippen LogP contribution in [0.3, 0.4) is 0 Å². The first-order chi connectivity index (χ1) is 17.9. The van der Waals surface area contributed by atoms with E-state index in [1.807, 2.05) is 14.1 Å². The highest BCUT2D eigenvalue weighted by atomic mass is 14.9. The third kappa shape index (κ3) is 13.7. The Morgan fingerprint density at radius 1 is 0.417 bits per heavy atom. The Morgan fingerprint density at radius 3 is 1.11 bits per heavy atom. The van der Waals surface area contributed by atoms with E-state index in [2.05, 4.69) is 68.3 Å². The highest BCUT2D eigenvalue weighted by Gasteiger charge is 2.05. The Balaban J connectivity index is 1.60. The molecule has 0 amide bonds. The van der Waals surface area contributed by atoms with Crippen molar-refractivity contribution in [2.24, 2.45) is 0 Å². The molecule has 0 aliphatic heterocycles. The smallest absolute Gasteiger partial charge is 0.0211 e. The molecule has 0 radical (unpaired) electrons. The van der Waals surface area contributed by atoms with Gasteiger partial charge >= 0.3 is 0 Å². The van der Waals surface area contributed by atoms with Gasteiger partial charge < -0.3 is 31.9 Å². The Bertz CT molecular complexity index is 717. The van der Waals surface area contributed by atoms with Gasteiger partial charge in [0, 0.05) is 13.1 Å². The fraction of sp³-hybridized carbons (Fsp3) is 0.667. The second-order valence-electron chi connectivity index (χ2n) is 9.82. The topological polar surface area (TPSA) is 72.2 Å². The molecule has 0 bridgehead atoms. The Kier molecular flexibility index (Phi) is 18.4. The lowest BCUT2D eigenvalue weighted by Gasteiger charge is -2.13. The summed E-state index contributed by atoms with van der Waals surface area (Å²) in [6.07, 6.45) is 9.92. The third-order valence-electron chi connectivity index (χ3n) is 6.71. The van der Waals surface area contributed by atoms with Crippen molar-refractivity contribution >= 4 is 10.8 Å². The van der Waals surface area contributed by atoms with Gasteiger partial charge in [-0.15, -0.1) is 0 Å². The maximum atomic E-state index is 3.66. The van der Waals surface area contributed by atoms with E-state index in [1.54, 1.807) is 0 Å². The molecule has 0 aliphatic rings. The van der Waals surface area contributed by atoms with Crippen LogP contribution in [0.5, 0.6) is 0 Å². The first kappa shape index (κ1) is 30.7. The number of unbranched alkanes of at least 4 members (excludes halogenated alkanes) is 4. The Hall–Kier alpha value is -1.54. The second-order valence-corrected chi connectivity index (χ2v) is 9.82. The van der Waals surface area contributed by atoms with E-state index in [0.717, 1.165) is 65.4 Å². The zero-order chi connectivity index (χ0) is 25.5. The van der Waals surface area contributed by atoms with Gasteiger partial charge in [0.1, 0.15) is 0 Å². The number of nitrogens with one attached hydrogen (secondary N) is 6. The largest absolute Gasteiger partial charge is 0.320 e. The molecule has 36 heavy (non-hydrogen) atoms. The summed E-state index contributed by atoms with van der Waals surface area (Å²) in [4.78, 5) is 0. The van der Waals surface area contributed by atoms with Gasteiger partial charge in [0.2, 0.25) is 0 Å². The lowest BCUT2D eigenvalue weighted by molar-refractivity contribution is 0.561. The lowest BCUT2D eigenvalue weighted by atomic mass is 9.99. The van der Waals surface area contributed by atoms with Crippen LogP contribution in [0.15, 0.2) is 36.4 Å². The van der Waals surface area contributed by atoms with Gasteiger partial charge in [-0.05, 0) is 140 Å². The molecular formula is C30H54N6. The summed E-state index contributed by atoms with van der Waals surface area (Å²) in [5.74, 6) is 0. The molecule has 6 nitrogen and oxygen atoms in total. The molecule has 6 N–H and O–H groups in total. The van der Waals surface area contributed by atoms with Crippen LogP contribution in [0.1, 0.15) is 62.5 Å². The van der Waals surface area contributed by atoms with Crippen LogP contribution >= 0.6 is 0 Å². The van der Waals surface area contributed by atoms with E-state index in [9.17, 15) is 0 Å². The minimum absolute atomic E-state index is 0.938. The van der Waals surface area contributed by atoms with E-state index in [4.69, 9.17) is 0 Å². The maximum Gasteiger partial charge on any atom is 0.0211 e. The number of fused-ring (bicyclic) bond motifs is 1. The van der Waals surface area contributed by atoms with Crippen molar-refractivity contribution in [3.8, 4) is 0 Å². The molecule has 0 heterocycles. The van der Waals surface area contributed by atoms with Gasteiger partial charge in [0.15, 0.2) is 0 Å². The minimum atomic E-state index is 0.938. The van der Waals surface area contributed by atoms with Crippen LogP contribution in [-0.2, 0) is 13.1 Å². The number of hydrogen-bond donors (Lipinski definition) is 6. The highest BCUT2D eigenvalue weighted by molar-refractivity contribution is 5.88. The van der Waals surface area contributed by atoms with Gasteiger partial charge in [-0.1, -0.05) is 36.4 Å². The average molecular weight is 499 g/mol. The van der Waals surface area contributed by atoms with Crippen LogP contribution in [0.4, 0.5) is 0 Å². The molecular weight excluding hydrogens is 444 g/mol.